The zero-order chi connectivity index (χ0) is 18.0. The number of aromatic hydroxyl groups is 1. The number of methoxy groups -OCH3 is 1. The van der Waals surface area contributed by atoms with Crippen LogP contribution in [0.25, 0.3) is 0 Å². The number of hydrogen-bond acceptors (Lipinski definition) is 5. The first-order chi connectivity index (χ1) is 12.0. The molecule has 0 aromatic heterocycles. The highest BCUT2D eigenvalue weighted by Crippen LogP contribution is 2.26. The van der Waals surface area contributed by atoms with Crippen molar-refractivity contribution < 1.29 is 24.2 Å². The maximum Gasteiger partial charge on any atom is 0.342 e. The van der Waals surface area contributed by atoms with E-state index in [1.165, 1.54) is 37.3 Å². The molecule has 0 heterocycles. The normalized spacial score (nSPS) is 13.8. The number of esters is 1. The van der Waals surface area contributed by atoms with Crippen LogP contribution in [0.1, 0.15) is 45.2 Å². The molecule has 0 saturated heterocycles. The fourth-order valence-corrected chi connectivity index (χ4v) is 3.05. The minimum atomic E-state index is -0.937. The zero-order valence-electron chi connectivity index (χ0n) is 14.2. The van der Waals surface area contributed by atoms with Crippen molar-refractivity contribution >= 4 is 11.8 Å². The highest BCUT2D eigenvalue weighted by Gasteiger charge is 2.23. The van der Waals surface area contributed by atoms with E-state index in [0.717, 1.165) is 19.3 Å². The van der Waals surface area contributed by atoms with Gasteiger partial charge in [0.15, 0.2) is 6.10 Å². The van der Waals surface area contributed by atoms with Crippen LogP contribution >= 0.6 is 0 Å². The molecule has 0 spiro atoms. The summed E-state index contributed by atoms with van der Waals surface area (Å²) >= 11 is 0. The molecule has 5 nitrogen and oxygen atoms in total. The Labute approximate surface area is 146 Å². The van der Waals surface area contributed by atoms with Gasteiger partial charge >= 0.3 is 5.97 Å². The van der Waals surface area contributed by atoms with E-state index in [-0.39, 0.29) is 17.1 Å². The molecule has 2 aromatic carbocycles. The summed E-state index contributed by atoms with van der Waals surface area (Å²) in [5.74, 6) is -0.823. The average molecular weight is 340 g/mol. The van der Waals surface area contributed by atoms with Crippen LogP contribution in [-0.2, 0) is 17.6 Å². The third-order valence-electron chi connectivity index (χ3n) is 4.46. The molecule has 1 aliphatic rings. The molecular formula is C20H20O5. The first-order valence-electron chi connectivity index (χ1n) is 8.23. The van der Waals surface area contributed by atoms with Crippen LogP contribution in [0.3, 0.4) is 0 Å². The molecule has 5 heteroatoms. The zero-order valence-corrected chi connectivity index (χ0v) is 14.2. The summed E-state index contributed by atoms with van der Waals surface area (Å²) in [4.78, 5) is 24.8. The van der Waals surface area contributed by atoms with Crippen molar-refractivity contribution in [2.45, 2.75) is 32.3 Å². The molecule has 0 unspecified atom stereocenters. The molecule has 0 saturated carbocycles. The molecule has 0 amide bonds. The van der Waals surface area contributed by atoms with Gasteiger partial charge < -0.3 is 14.6 Å². The van der Waals surface area contributed by atoms with Crippen molar-refractivity contribution in [3.63, 3.8) is 0 Å². The van der Waals surface area contributed by atoms with Crippen LogP contribution in [0, 0.1) is 0 Å². The van der Waals surface area contributed by atoms with Crippen molar-refractivity contribution in [2.75, 3.05) is 7.11 Å². The molecule has 25 heavy (non-hydrogen) atoms. The maximum absolute atomic E-state index is 12.5. The topological polar surface area (TPSA) is 72.8 Å². The Bertz CT molecular complexity index is 825. The van der Waals surface area contributed by atoms with Crippen molar-refractivity contribution in [3.8, 4) is 11.5 Å². The monoisotopic (exact) mass is 340 g/mol. The van der Waals surface area contributed by atoms with Gasteiger partial charge in [0.2, 0.25) is 5.78 Å². The number of phenolic OH excluding ortho intramolecular Hbond substituents is 1. The smallest absolute Gasteiger partial charge is 0.342 e. The SMILES string of the molecule is COc1ccc(C(=O)O[C@@H](C)C(=O)c2ccc3c(c2)CCC3)c(O)c1. The van der Waals surface area contributed by atoms with Gasteiger partial charge in [-0.15, -0.1) is 0 Å². The van der Waals surface area contributed by atoms with Gasteiger partial charge in [-0.2, -0.15) is 0 Å². The third-order valence-corrected chi connectivity index (χ3v) is 4.46. The minimum absolute atomic E-state index is 0.00518. The Kier molecular flexibility index (Phi) is 4.74. The number of Topliss-reactive ketones (excluding diaryl/α,β-unsaturated/α-hetero) is 1. The van der Waals surface area contributed by atoms with E-state index in [4.69, 9.17) is 9.47 Å². The van der Waals surface area contributed by atoms with Crippen LogP contribution in [0.15, 0.2) is 36.4 Å². The predicted molar refractivity (Wildman–Crippen MR) is 92.3 cm³/mol. The fraction of sp³-hybridized carbons (Fsp3) is 0.300. The maximum atomic E-state index is 12.5. The van der Waals surface area contributed by atoms with Gasteiger partial charge in [-0.05, 0) is 55.5 Å². The highest BCUT2D eigenvalue weighted by molar-refractivity contribution is 6.02. The number of aryl methyl sites for hydroxylation is 2. The van der Waals surface area contributed by atoms with Crippen molar-refractivity contribution in [1.82, 2.24) is 0 Å². The Morgan fingerprint density at radius 2 is 1.84 bits per heavy atom. The standard InChI is InChI=1S/C20H20O5/c1-12(19(22)15-7-6-13-4-3-5-14(13)10-15)25-20(23)17-9-8-16(24-2)11-18(17)21/h6-12,21H,3-5H2,1-2H3/t12-/m0/s1. The molecule has 0 radical (unpaired) electrons. The number of carbonyl (C=O) groups excluding carboxylic acids is 2. The summed E-state index contributed by atoms with van der Waals surface area (Å²) in [6, 6.07) is 9.91. The van der Waals surface area contributed by atoms with Crippen LogP contribution in [0.2, 0.25) is 0 Å². The number of carbonyl (C=O) groups is 2. The number of fused-ring (bicyclic) bond motifs is 1. The molecule has 3 rings (SSSR count). The molecule has 0 aliphatic heterocycles. The lowest BCUT2D eigenvalue weighted by Crippen LogP contribution is -2.24. The van der Waals surface area contributed by atoms with Gasteiger partial charge in [-0.25, -0.2) is 4.79 Å². The largest absolute Gasteiger partial charge is 0.507 e. The number of rotatable bonds is 5. The Morgan fingerprint density at radius 1 is 1.08 bits per heavy atom. The molecule has 1 aliphatic carbocycles. The molecule has 0 fully saturated rings. The van der Waals surface area contributed by atoms with E-state index in [2.05, 4.69) is 0 Å². The Morgan fingerprint density at radius 3 is 2.56 bits per heavy atom. The lowest BCUT2D eigenvalue weighted by atomic mass is 10.0. The van der Waals surface area contributed by atoms with E-state index in [1.807, 2.05) is 12.1 Å². The predicted octanol–water partition coefficient (Wildman–Crippen LogP) is 3.32. The van der Waals surface area contributed by atoms with Crippen LogP contribution in [-0.4, -0.2) is 30.1 Å². The van der Waals surface area contributed by atoms with E-state index in [1.54, 1.807) is 12.1 Å². The van der Waals surface area contributed by atoms with E-state index >= 15 is 0 Å². The molecular weight excluding hydrogens is 320 g/mol. The second kappa shape index (κ2) is 6.97. The first-order valence-corrected chi connectivity index (χ1v) is 8.23. The van der Waals surface area contributed by atoms with Gasteiger partial charge in [0, 0.05) is 11.6 Å². The van der Waals surface area contributed by atoms with Crippen molar-refractivity contribution in [1.29, 1.82) is 0 Å². The number of ether oxygens (including phenoxy) is 2. The number of hydrogen-bond donors (Lipinski definition) is 1. The van der Waals surface area contributed by atoms with E-state index in [9.17, 15) is 14.7 Å². The fourth-order valence-electron chi connectivity index (χ4n) is 3.05. The average Bonchev–Trinajstić information content (AvgIpc) is 3.08. The van der Waals surface area contributed by atoms with Crippen LogP contribution < -0.4 is 4.74 Å². The Balaban J connectivity index is 1.72. The number of phenols is 1. The lowest BCUT2D eigenvalue weighted by molar-refractivity contribution is 0.0316. The second-order valence-electron chi connectivity index (χ2n) is 6.13. The highest BCUT2D eigenvalue weighted by atomic mass is 16.5. The summed E-state index contributed by atoms with van der Waals surface area (Å²) < 4.78 is 10.2. The van der Waals surface area contributed by atoms with Crippen molar-refractivity contribution in [2.24, 2.45) is 0 Å². The first kappa shape index (κ1) is 17.0. The van der Waals surface area contributed by atoms with Gasteiger partial charge in [0.25, 0.3) is 0 Å². The van der Waals surface area contributed by atoms with Crippen LogP contribution in [0.4, 0.5) is 0 Å². The lowest BCUT2D eigenvalue weighted by Gasteiger charge is -2.14. The Hall–Kier alpha value is -2.82. The molecule has 130 valence electrons. The second-order valence-corrected chi connectivity index (χ2v) is 6.13. The van der Waals surface area contributed by atoms with Gasteiger partial charge in [0.05, 0.1) is 7.11 Å². The summed E-state index contributed by atoms with van der Waals surface area (Å²) in [7, 11) is 1.46. The van der Waals surface area contributed by atoms with Crippen molar-refractivity contribution in [3.05, 3.63) is 58.7 Å². The van der Waals surface area contributed by atoms with E-state index < -0.39 is 12.1 Å². The molecule has 2 aromatic rings. The number of benzene rings is 2. The quantitative estimate of drug-likeness (QED) is 0.668. The van der Waals surface area contributed by atoms with Gasteiger partial charge in [-0.3, -0.25) is 4.79 Å². The molecule has 1 N–H and O–H groups in total. The summed E-state index contributed by atoms with van der Waals surface area (Å²) in [5, 5.41) is 9.90. The van der Waals surface area contributed by atoms with Gasteiger partial charge in [-0.1, -0.05) is 12.1 Å². The van der Waals surface area contributed by atoms with Crippen LogP contribution in [0.5, 0.6) is 11.5 Å². The van der Waals surface area contributed by atoms with E-state index in [0.29, 0.717) is 11.3 Å². The third kappa shape index (κ3) is 3.50. The van der Waals surface area contributed by atoms with Gasteiger partial charge in [0.1, 0.15) is 17.1 Å². The summed E-state index contributed by atoms with van der Waals surface area (Å²) in [6.45, 7) is 1.54. The molecule has 1 atom stereocenters. The summed E-state index contributed by atoms with van der Waals surface area (Å²) in [5.41, 5.74) is 3.01. The minimum Gasteiger partial charge on any atom is -0.507 e. The number of ketones is 1. The molecule has 0 bridgehead atoms. The summed E-state index contributed by atoms with van der Waals surface area (Å²) in [6.07, 6.45) is 2.19.